The Balaban J connectivity index is 2.18. The fourth-order valence-electron chi connectivity index (χ4n) is 2.85. The molecule has 1 amide bonds. The van der Waals surface area contributed by atoms with Crippen molar-refractivity contribution in [2.45, 2.75) is 32.7 Å². The Labute approximate surface area is 167 Å². The highest BCUT2D eigenvalue weighted by molar-refractivity contribution is 7.81. The van der Waals surface area contributed by atoms with Crippen LogP contribution in [0.5, 0.6) is 5.75 Å². The van der Waals surface area contributed by atoms with Gasteiger partial charge in [0.25, 0.3) is 0 Å². The van der Waals surface area contributed by atoms with Gasteiger partial charge in [-0.3, -0.25) is 0 Å². The topological polar surface area (TPSA) is 76.2 Å². The molecule has 2 rings (SSSR count). The predicted molar refractivity (Wildman–Crippen MR) is 99.9 cm³/mol. The van der Waals surface area contributed by atoms with E-state index in [1.807, 2.05) is 0 Å². The van der Waals surface area contributed by atoms with Gasteiger partial charge >= 0.3 is 23.6 Å². The molecule has 0 spiro atoms. The van der Waals surface area contributed by atoms with E-state index in [0.717, 1.165) is 12.1 Å². The Hall–Kier alpha value is -2.18. The number of benzene rings is 1. The molecule has 0 aliphatic carbocycles. The van der Waals surface area contributed by atoms with Crippen molar-refractivity contribution in [2.75, 3.05) is 31.1 Å². The van der Waals surface area contributed by atoms with Crippen molar-refractivity contribution >= 4 is 29.3 Å². The number of hydrogen-bond acceptors (Lipinski definition) is 6. The van der Waals surface area contributed by atoms with E-state index in [0.29, 0.717) is 0 Å². The summed E-state index contributed by atoms with van der Waals surface area (Å²) in [5, 5.41) is 0. The second-order valence-electron chi connectivity index (χ2n) is 7.68. The first-order valence-corrected chi connectivity index (χ1v) is 10.1. The molecule has 1 aromatic rings. The number of rotatable bonds is 5. The maximum Gasteiger partial charge on any atom is 0.488 e. The number of anilines is 1. The van der Waals surface area contributed by atoms with Crippen molar-refractivity contribution in [1.29, 1.82) is 0 Å². The Bertz CT molecular complexity index is 850. The molecule has 1 aliphatic rings. The van der Waals surface area contributed by atoms with Crippen molar-refractivity contribution < 1.29 is 39.0 Å². The highest BCUT2D eigenvalue weighted by Gasteiger charge is 2.28. The fraction of sp³-hybridized carbons (Fsp3) is 0.562. The van der Waals surface area contributed by atoms with Crippen molar-refractivity contribution in [3.8, 4) is 5.75 Å². The van der Waals surface area contributed by atoms with Crippen LogP contribution >= 0.6 is 0 Å². The molecule has 7 nitrogen and oxygen atoms in total. The van der Waals surface area contributed by atoms with Crippen molar-refractivity contribution in [3.05, 3.63) is 23.8 Å². The van der Waals surface area contributed by atoms with Gasteiger partial charge in [0, 0.05) is 37.9 Å². The van der Waals surface area contributed by atoms with Gasteiger partial charge in [0.05, 0.1) is 0 Å². The zero-order valence-electron chi connectivity index (χ0n) is 16.2. The molecule has 0 saturated carbocycles. The summed E-state index contributed by atoms with van der Waals surface area (Å²) in [7, 11) is -5.39. The van der Waals surface area contributed by atoms with Crippen molar-refractivity contribution in [3.63, 3.8) is 0 Å². The fourth-order valence-corrected chi connectivity index (χ4v) is 3.17. The predicted octanol–water partition coefficient (Wildman–Crippen LogP) is 3.27. The lowest BCUT2D eigenvalue weighted by Gasteiger charge is -2.37. The van der Waals surface area contributed by atoms with Crippen LogP contribution in [0.4, 0.5) is 27.3 Å². The van der Waals surface area contributed by atoms with Gasteiger partial charge in [-0.25, -0.2) is 4.79 Å². The summed E-state index contributed by atoms with van der Waals surface area (Å²) in [6, 6.07) is 3.23. The summed E-state index contributed by atoms with van der Waals surface area (Å²) in [5.74, 6) is -0.547. The Kier molecular flexibility index (Phi) is 6.60. The van der Waals surface area contributed by atoms with Crippen LogP contribution in [0.1, 0.15) is 26.3 Å². The van der Waals surface area contributed by atoms with Crippen LogP contribution in [0, 0.1) is 0 Å². The van der Waals surface area contributed by atoms with E-state index in [2.05, 4.69) is 4.18 Å². The molecular formula is C16H22BF4N2O5S-. The molecule has 164 valence electrons. The first-order valence-electron chi connectivity index (χ1n) is 8.83. The summed E-state index contributed by atoms with van der Waals surface area (Å²) >= 11 is 0. The molecule has 1 heterocycles. The summed E-state index contributed by atoms with van der Waals surface area (Å²) in [6.45, 7) is 1.03. The van der Waals surface area contributed by atoms with Gasteiger partial charge in [-0.1, -0.05) is 15.8 Å². The smallest absolute Gasteiger partial charge is 0.449 e. The number of ether oxygens (including phenoxy) is 1. The van der Waals surface area contributed by atoms with Gasteiger partial charge in [-0.05, 0) is 32.9 Å². The van der Waals surface area contributed by atoms with E-state index >= 15 is 0 Å². The van der Waals surface area contributed by atoms with E-state index in [9.17, 15) is 30.0 Å². The number of halogens is 4. The SMILES string of the molecule is CC(C)(C)OC(=O)N1CCN(c2cc(C[B-](F)(F)F)cc(OS(=O)(=O)F)c2)CC1. The Morgan fingerprint density at radius 1 is 1.10 bits per heavy atom. The van der Waals surface area contributed by atoms with Gasteiger partial charge in [-0.2, -0.15) is 8.42 Å². The maximum atomic E-state index is 12.9. The van der Waals surface area contributed by atoms with E-state index in [1.165, 1.54) is 11.0 Å². The van der Waals surface area contributed by atoms with E-state index in [-0.39, 0.29) is 37.4 Å². The summed E-state index contributed by atoms with van der Waals surface area (Å²) < 4.78 is 82.2. The molecule has 1 saturated heterocycles. The molecule has 1 aromatic carbocycles. The first-order chi connectivity index (χ1) is 13.1. The third-order valence-corrected chi connectivity index (χ3v) is 4.30. The number of nitrogens with zero attached hydrogens (tertiary/aromatic N) is 2. The van der Waals surface area contributed by atoms with Gasteiger partial charge < -0.3 is 31.7 Å². The van der Waals surface area contributed by atoms with Gasteiger partial charge in [0.15, 0.2) is 0 Å². The molecule has 29 heavy (non-hydrogen) atoms. The van der Waals surface area contributed by atoms with Gasteiger partial charge in [-0.15, -0.1) is 0 Å². The minimum absolute atomic E-state index is 0.241. The van der Waals surface area contributed by atoms with Crippen LogP contribution in [-0.4, -0.2) is 58.2 Å². The Morgan fingerprint density at radius 2 is 1.69 bits per heavy atom. The highest BCUT2D eigenvalue weighted by atomic mass is 32.3. The quantitative estimate of drug-likeness (QED) is 0.397. The minimum Gasteiger partial charge on any atom is -0.449 e. The largest absolute Gasteiger partial charge is 0.488 e. The Morgan fingerprint density at radius 3 is 2.17 bits per heavy atom. The molecule has 1 aliphatic heterocycles. The van der Waals surface area contributed by atoms with Gasteiger partial charge in [0.2, 0.25) is 0 Å². The molecule has 0 N–H and O–H groups in total. The third kappa shape index (κ3) is 7.99. The first kappa shape index (κ1) is 23.1. The van der Waals surface area contributed by atoms with Crippen LogP contribution in [0.2, 0.25) is 0 Å². The average Bonchev–Trinajstić information content (AvgIpc) is 2.49. The van der Waals surface area contributed by atoms with Crippen molar-refractivity contribution in [2.24, 2.45) is 0 Å². The van der Waals surface area contributed by atoms with E-state index in [1.54, 1.807) is 25.7 Å². The number of carbonyl (C=O) groups excluding carboxylic acids is 1. The summed E-state index contributed by atoms with van der Waals surface area (Å²) in [6.07, 6.45) is -1.77. The summed E-state index contributed by atoms with van der Waals surface area (Å²) in [4.78, 5) is 15.2. The normalized spacial score (nSPS) is 16.0. The lowest BCUT2D eigenvalue weighted by molar-refractivity contribution is 0.0240. The zero-order chi connectivity index (χ0) is 22.0. The number of hydrogen-bond donors (Lipinski definition) is 0. The van der Waals surface area contributed by atoms with Crippen molar-refractivity contribution in [1.82, 2.24) is 4.90 Å². The standard InChI is InChI=1S/C16H22BF4N2O5S/c1-16(2,3)27-15(24)23-6-4-22(5-7-23)13-8-12(11-17(18,19)20)9-14(10-13)28-29(21,25)26/h8-10H,4-7,11H2,1-3H3/q-1. The molecule has 0 atom stereocenters. The number of piperazine rings is 1. The molecule has 0 radical (unpaired) electrons. The molecule has 13 heteroatoms. The van der Waals surface area contributed by atoms with E-state index < -0.39 is 41.2 Å². The van der Waals surface area contributed by atoms with Crippen LogP contribution in [0.15, 0.2) is 18.2 Å². The number of amides is 1. The van der Waals surface area contributed by atoms with Crippen LogP contribution in [0.25, 0.3) is 0 Å². The molecule has 0 bridgehead atoms. The van der Waals surface area contributed by atoms with E-state index in [4.69, 9.17) is 4.74 Å². The molecular weight excluding hydrogens is 419 g/mol. The molecule has 0 aromatic heterocycles. The second kappa shape index (κ2) is 8.29. The lowest BCUT2D eigenvalue weighted by Crippen LogP contribution is -2.50. The number of carbonyl (C=O) groups is 1. The van der Waals surface area contributed by atoms with Gasteiger partial charge in [0.1, 0.15) is 11.4 Å². The second-order valence-corrected chi connectivity index (χ2v) is 8.63. The monoisotopic (exact) mass is 441 g/mol. The summed E-state index contributed by atoms with van der Waals surface area (Å²) in [5.41, 5.74) is -0.667. The van der Waals surface area contributed by atoms with Crippen LogP contribution in [-0.2, 0) is 21.6 Å². The lowest BCUT2D eigenvalue weighted by atomic mass is 9.81. The average molecular weight is 441 g/mol. The highest BCUT2D eigenvalue weighted by Crippen LogP contribution is 2.29. The van der Waals surface area contributed by atoms with Crippen LogP contribution < -0.4 is 9.08 Å². The zero-order valence-corrected chi connectivity index (χ0v) is 17.0. The molecule has 0 unspecified atom stereocenters. The maximum absolute atomic E-state index is 12.9. The third-order valence-electron chi connectivity index (χ3n) is 3.91. The van der Waals surface area contributed by atoms with Crippen LogP contribution in [0.3, 0.4) is 0 Å². The molecule has 1 fully saturated rings. The minimum atomic E-state index is -5.39.